The Morgan fingerprint density at radius 1 is 1.65 bits per heavy atom. The summed E-state index contributed by atoms with van der Waals surface area (Å²) < 4.78 is 6.11. The smallest absolute Gasteiger partial charge is 0.328 e. The predicted molar refractivity (Wildman–Crippen MR) is 77.8 cm³/mol. The monoisotopic (exact) mass is 362 g/mol. The molecule has 2 amide bonds. The molecule has 6 nitrogen and oxygen atoms in total. The summed E-state index contributed by atoms with van der Waals surface area (Å²) in [7, 11) is 1.67. The predicted octanol–water partition coefficient (Wildman–Crippen LogP) is 1.85. The number of aliphatic carboxylic acids is 1. The first-order valence-electron chi connectivity index (χ1n) is 6.04. The molecule has 0 spiro atoms. The number of halogens is 1. The number of morpholine rings is 1. The Morgan fingerprint density at radius 3 is 3.00 bits per heavy atom. The molecule has 1 aliphatic heterocycles. The number of ether oxygens (including phenoxy) is 1. The fourth-order valence-corrected chi connectivity index (χ4v) is 3.50. The van der Waals surface area contributed by atoms with Crippen molar-refractivity contribution in [2.75, 3.05) is 26.8 Å². The number of carbonyl (C=O) groups is 2. The summed E-state index contributed by atoms with van der Waals surface area (Å²) in [6, 6.07) is 0.751. The van der Waals surface area contributed by atoms with Crippen LogP contribution in [0.4, 0.5) is 4.79 Å². The quantitative estimate of drug-likeness (QED) is 0.890. The molecule has 1 fully saturated rings. The van der Waals surface area contributed by atoms with Crippen molar-refractivity contribution in [1.82, 2.24) is 9.80 Å². The zero-order valence-corrected chi connectivity index (χ0v) is 13.3. The Morgan fingerprint density at radius 2 is 2.40 bits per heavy atom. The molecule has 1 unspecified atom stereocenters. The summed E-state index contributed by atoms with van der Waals surface area (Å²) in [5.41, 5.74) is 0. The molecule has 0 aromatic carbocycles. The molecule has 0 saturated carbocycles. The van der Waals surface area contributed by atoms with Crippen molar-refractivity contribution < 1.29 is 19.4 Å². The van der Waals surface area contributed by atoms with Gasteiger partial charge >= 0.3 is 12.0 Å². The highest BCUT2D eigenvalue weighted by Gasteiger charge is 2.34. The maximum absolute atomic E-state index is 12.3. The second kappa shape index (κ2) is 6.55. The summed E-state index contributed by atoms with van der Waals surface area (Å²) in [6.07, 6.45) is 0. The molecule has 20 heavy (non-hydrogen) atoms. The van der Waals surface area contributed by atoms with Crippen molar-refractivity contribution in [2.45, 2.75) is 12.6 Å². The van der Waals surface area contributed by atoms with Gasteiger partial charge in [0.15, 0.2) is 6.04 Å². The average Bonchev–Trinajstić information content (AvgIpc) is 2.83. The Labute approximate surface area is 129 Å². The second-order valence-electron chi connectivity index (χ2n) is 4.49. The van der Waals surface area contributed by atoms with Crippen LogP contribution in [-0.4, -0.2) is 59.8 Å². The highest BCUT2D eigenvalue weighted by atomic mass is 79.9. The first kappa shape index (κ1) is 15.3. The molecule has 1 aromatic rings. The van der Waals surface area contributed by atoms with E-state index in [1.165, 1.54) is 9.80 Å². The molecule has 2 rings (SSSR count). The van der Waals surface area contributed by atoms with Gasteiger partial charge in [0.2, 0.25) is 0 Å². The first-order valence-corrected chi connectivity index (χ1v) is 7.71. The van der Waals surface area contributed by atoms with Crippen LogP contribution in [0.1, 0.15) is 4.88 Å². The minimum atomic E-state index is -1.04. The topological polar surface area (TPSA) is 70.1 Å². The van der Waals surface area contributed by atoms with Gasteiger partial charge in [-0.25, -0.2) is 9.59 Å². The Hall–Kier alpha value is -1.12. The third kappa shape index (κ3) is 3.50. The molecule has 1 N–H and O–H groups in total. The normalized spacial score (nSPS) is 18.9. The highest BCUT2D eigenvalue weighted by molar-refractivity contribution is 9.10. The number of thiophene rings is 1. The van der Waals surface area contributed by atoms with Gasteiger partial charge in [0.05, 0.1) is 19.8 Å². The number of hydrogen-bond acceptors (Lipinski definition) is 4. The number of urea groups is 1. The lowest BCUT2D eigenvalue weighted by molar-refractivity contribution is -0.147. The van der Waals surface area contributed by atoms with Crippen molar-refractivity contribution in [1.29, 1.82) is 0 Å². The molecule has 0 radical (unpaired) electrons. The van der Waals surface area contributed by atoms with Gasteiger partial charge < -0.3 is 19.6 Å². The van der Waals surface area contributed by atoms with Gasteiger partial charge in [-0.2, -0.15) is 0 Å². The zero-order chi connectivity index (χ0) is 14.7. The third-order valence-electron chi connectivity index (χ3n) is 3.00. The van der Waals surface area contributed by atoms with Crippen LogP contribution in [0, 0.1) is 0 Å². The van der Waals surface area contributed by atoms with E-state index in [0.717, 1.165) is 9.35 Å². The summed E-state index contributed by atoms with van der Waals surface area (Å²) in [5, 5.41) is 11.1. The van der Waals surface area contributed by atoms with Crippen LogP contribution in [0.2, 0.25) is 0 Å². The Kier molecular flexibility index (Phi) is 5.00. The van der Waals surface area contributed by atoms with E-state index in [1.807, 2.05) is 11.4 Å². The van der Waals surface area contributed by atoms with Crippen LogP contribution in [0.3, 0.4) is 0 Å². The third-order valence-corrected chi connectivity index (χ3v) is 4.68. The Balaban J connectivity index is 2.02. The lowest BCUT2D eigenvalue weighted by Crippen LogP contribution is -2.55. The number of carboxylic acid groups (broad SMARTS) is 1. The van der Waals surface area contributed by atoms with Crippen molar-refractivity contribution in [3.63, 3.8) is 0 Å². The van der Waals surface area contributed by atoms with Crippen molar-refractivity contribution in [3.05, 3.63) is 20.8 Å². The number of carboxylic acids is 1. The molecular formula is C12H15BrN2O4S. The standard InChI is InChI=1S/C12H15BrN2O4S/c1-14(5-9-4-8(13)7-20-9)12(18)15-2-3-19-6-10(15)11(16)17/h4,7,10H,2-3,5-6H2,1H3,(H,16,17). The molecule has 1 atom stereocenters. The largest absolute Gasteiger partial charge is 0.480 e. The van der Waals surface area contributed by atoms with Gasteiger partial charge in [0.25, 0.3) is 0 Å². The second-order valence-corrected chi connectivity index (χ2v) is 6.40. The van der Waals surface area contributed by atoms with E-state index < -0.39 is 12.0 Å². The Bertz CT molecular complexity index is 507. The van der Waals surface area contributed by atoms with Gasteiger partial charge in [-0.05, 0) is 22.0 Å². The summed E-state index contributed by atoms with van der Waals surface area (Å²) >= 11 is 4.92. The van der Waals surface area contributed by atoms with Crippen molar-refractivity contribution >= 4 is 39.3 Å². The van der Waals surface area contributed by atoms with Crippen LogP contribution >= 0.6 is 27.3 Å². The molecular weight excluding hydrogens is 348 g/mol. The molecule has 0 aliphatic carbocycles. The van der Waals surface area contributed by atoms with Crippen molar-refractivity contribution in [3.8, 4) is 0 Å². The van der Waals surface area contributed by atoms with Gasteiger partial charge in [-0.15, -0.1) is 11.3 Å². The molecule has 0 bridgehead atoms. The van der Waals surface area contributed by atoms with Gasteiger partial charge in [-0.1, -0.05) is 0 Å². The van der Waals surface area contributed by atoms with E-state index >= 15 is 0 Å². The minimum Gasteiger partial charge on any atom is -0.480 e. The summed E-state index contributed by atoms with van der Waals surface area (Å²) in [4.78, 5) is 27.4. The maximum Gasteiger partial charge on any atom is 0.328 e. The number of hydrogen-bond donors (Lipinski definition) is 1. The average molecular weight is 363 g/mol. The zero-order valence-electron chi connectivity index (χ0n) is 10.9. The number of nitrogens with zero attached hydrogens (tertiary/aromatic N) is 2. The van der Waals surface area contributed by atoms with Crippen LogP contribution < -0.4 is 0 Å². The fourth-order valence-electron chi connectivity index (χ4n) is 1.99. The fraction of sp³-hybridized carbons (Fsp3) is 0.500. The van der Waals surface area contributed by atoms with Gasteiger partial charge in [-0.3, -0.25) is 0 Å². The van der Waals surface area contributed by atoms with Gasteiger partial charge in [0, 0.05) is 28.3 Å². The van der Waals surface area contributed by atoms with E-state index in [0.29, 0.717) is 19.7 Å². The lowest BCUT2D eigenvalue weighted by Gasteiger charge is -2.35. The number of amides is 2. The number of carbonyl (C=O) groups excluding carboxylic acids is 1. The minimum absolute atomic E-state index is 0.0411. The van der Waals surface area contributed by atoms with Crippen LogP contribution in [0.5, 0.6) is 0 Å². The van der Waals surface area contributed by atoms with Crippen LogP contribution in [0.25, 0.3) is 0 Å². The molecule has 2 heterocycles. The SMILES string of the molecule is CN(Cc1cc(Br)cs1)C(=O)N1CCOCC1C(=O)O. The maximum atomic E-state index is 12.3. The lowest BCUT2D eigenvalue weighted by atomic mass is 10.2. The van der Waals surface area contributed by atoms with E-state index in [1.54, 1.807) is 18.4 Å². The molecule has 8 heteroatoms. The molecule has 1 saturated heterocycles. The van der Waals surface area contributed by atoms with E-state index in [4.69, 9.17) is 9.84 Å². The molecule has 1 aliphatic rings. The van der Waals surface area contributed by atoms with E-state index in [9.17, 15) is 9.59 Å². The summed E-state index contributed by atoms with van der Waals surface area (Å²) in [5.74, 6) is -1.04. The van der Waals surface area contributed by atoms with Crippen LogP contribution in [-0.2, 0) is 16.1 Å². The van der Waals surface area contributed by atoms with E-state index in [-0.39, 0.29) is 12.6 Å². The molecule has 110 valence electrons. The summed E-state index contributed by atoms with van der Waals surface area (Å²) in [6.45, 7) is 1.17. The van der Waals surface area contributed by atoms with E-state index in [2.05, 4.69) is 15.9 Å². The van der Waals surface area contributed by atoms with Crippen molar-refractivity contribution in [2.24, 2.45) is 0 Å². The number of rotatable bonds is 3. The molecule has 1 aromatic heterocycles. The highest BCUT2D eigenvalue weighted by Crippen LogP contribution is 2.21. The van der Waals surface area contributed by atoms with Crippen LogP contribution in [0.15, 0.2) is 15.9 Å². The van der Waals surface area contributed by atoms with Gasteiger partial charge in [0.1, 0.15) is 0 Å². The first-order chi connectivity index (χ1) is 9.49.